The molecule has 1 fully saturated rings. The highest BCUT2D eigenvalue weighted by Gasteiger charge is 2.42. The van der Waals surface area contributed by atoms with Gasteiger partial charge in [-0.15, -0.1) is 0 Å². The quantitative estimate of drug-likeness (QED) is 0.773. The Hall–Kier alpha value is -2.93. The highest BCUT2D eigenvalue weighted by Crippen LogP contribution is 2.39. The predicted octanol–water partition coefficient (Wildman–Crippen LogP) is 3.79. The summed E-state index contributed by atoms with van der Waals surface area (Å²) in [6, 6.07) is 9.83. The number of carboxylic acids is 1. The van der Waals surface area contributed by atoms with Crippen LogP contribution in [0.25, 0.3) is 0 Å². The molecule has 1 aliphatic rings. The van der Waals surface area contributed by atoms with Crippen LogP contribution in [0.1, 0.15) is 30.0 Å². The first-order chi connectivity index (χ1) is 13.8. The van der Waals surface area contributed by atoms with Gasteiger partial charge in [-0.25, -0.2) is 4.39 Å². The third-order valence-electron chi connectivity index (χ3n) is 5.00. The van der Waals surface area contributed by atoms with Gasteiger partial charge in [-0.3, -0.25) is 14.4 Å². The first-order valence-corrected chi connectivity index (χ1v) is 9.48. The van der Waals surface area contributed by atoms with Gasteiger partial charge in [-0.1, -0.05) is 23.7 Å². The zero-order chi connectivity index (χ0) is 21.1. The van der Waals surface area contributed by atoms with Crippen molar-refractivity contribution in [3.63, 3.8) is 0 Å². The minimum Gasteiger partial charge on any atom is -0.480 e. The Morgan fingerprint density at radius 1 is 1.28 bits per heavy atom. The van der Waals surface area contributed by atoms with Gasteiger partial charge >= 0.3 is 5.97 Å². The number of anilines is 1. The van der Waals surface area contributed by atoms with E-state index in [0.717, 1.165) is 4.90 Å². The van der Waals surface area contributed by atoms with Crippen LogP contribution in [0, 0.1) is 18.7 Å². The molecular weight excluding hydrogens is 399 g/mol. The molecule has 3 rings (SSSR count). The standard InChI is InChI=1S/C21H20ClFN2O4/c1-12-5-6-14(23)10-17(12)20-16(7-8-18(26)25(20)11-19(27)28)21(29)24-15-4-2-3-13(22)9-15/h2-6,9-10,16,20H,7-8,11H2,1H3,(H,24,29)(H,27,28)/t16?,20-/m0/s1. The number of nitrogens with one attached hydrogen (secondary N) is 1. The minimum absolute atomic E-state index is 0.0335. The fourth-order valence-corrected chi connectivity index (χ4v) is 3.87. The molecule has 6 nitrogen and oxygen atoms in total. The van der Waals surface area contributed by atoms with E-state index in [9.17, 15) is 23.9 Å². The van der Waals surface area contributed by atoms with Crippen molar-refractivity contribution in [3.05, 3.63) is 64.4 Å². The number of rotatable bonds is 5. The van der Waals surface area contributed by atoms with Crippen LogP contribution >= 0.6 is 11.6 Å². The van der Waals surface area contributed by atoms with Crippen molar-refractivity contribution in [1.82, 2.24) is 4.90 Å². The molecular formula is C21H20ClFN2O4. The number of benzene rings is 2. The van der Waals surface area contributed by atoms with Gasteiger partial charge in [0.05, 0.1) is 12.0 Å². The third kappa shape index (κ3) is 4.74. The highest BCUT2D eigenvalue weighted by molar-refractivity contribution is 6.30. The van der Waals surface area contributed by atoms with E-state index in [4.69, 9.17) is 11.6 Å². The van der Waals surface area contributed by atoms with Gasteiger partial charge in [0, 0.05) is 17.1 Å². The molecule has 152 valence electrons. The lowest BCUT2D eigenvalue weighted by molar-refractivity contribution is -0.151. The van der Waals surface area contributed by atoms with Gasteiger partial charge in [0.2, 0.25) is 11.8 Å². The predicted molar refractivity (Wildman–Crippen MR) is 106 cm³/mol. The molecule has 0 aliphatic carbocycles. The van der Waals surface area contributed by atoms with Crippen LogP contribution in [-0.2, 0) is 14.4 Å². The maximum absolute atomic E-state index is 14.0. The third-order valence-corrected chi connectivity index (χ3v) is 5.24. The van der Waals surface area contributed by atoms with Crippen molar-refractivity contribution in [1.29, 1.82) is 0 Å². The lowest BCUT2D eigenvalue weighted by atomic mass is 9.82. The van der Waals surface area contributed by atoms with Crippen LogP contribution < -0.4 is 5.32 Å². The maximum atomic E-state index is 14.0. The average molecular weight is 419 g/mol. The van der Waals surface area contributed by atoms with E-state index >= 15 is 0 Å². The number of hydrogen-bond acceptors (Lipinski definition) is 3. The van der Waals surface area contributed by atoms with Crippen LogP contribution in [0.3, 0.4) is 0 Å². The smallest absolute Gasteiger partial charge is 0.323 e. The van der Waals surface area contributed by atoms with E-state index in [-0.39, 0.29) is 24.7 Å². The molecule has 0 aromatic heterocycles. The summed E-state index contributed by atoms with van der Waals surface area (Å²) in [5.74, 6) is -3.23. The SMILES string of the molecule is Cc1ccc(F)cc1[C@@H]1C(C(=O)Nc2cccc(Cl)c2)CCC(=O)N1CC(=O)O. The summed E-state index contributed by atoms with van der Waals surface area (Å²) >= 11 is 5.97. The molecule has 29 heavy (non-hydrogen) atoms. The number of aliphatic carboxylic acids is 1. The van der Waals surface area contributed by atoms with Crippen molar-refractivity contribution in [3.8, 4) is 0 Å². The lowest BCUT2D eigenvalue weighted by Crippen LogP contribution is -2.48. The Morgan fingerprint density at radius 2 is 2.03 bits per heavy atom. The van der Waals surface area contributed by atoms with E-state index in [2.05, 4.69) is 5.32 Å². The fourth-order valence-electron chi connectivity index (χ4n) is 3.68. The molecule has 2 aromatic rings. The zero-order valence-electron chi connectivity index (χ0n) is 15.7. The molecule has 0 radical (unpaired) electrons. The first kappa shape index (κ1) is 20.8. The van der Waals surface area contributed by atoms with E-state index in [1.807, 2.05) is 0 Å². The topological polar surface area (TPSA) is 86.7 Å². The van der Waals surface area contributed by atoms with Crippen LogP contribution in [-0.4, -0.2) is 34.3 Å². The Labute approximate surface area is 172 Å². The number of amides is 2. The number of hydrogen-bond donors (Lipinski definition) is 2. The van der Waals surface area contributed by atoms with Gasteiger partial charge in [-0.2, -0.15) is 0 Å². The van der Waals surface area contributed by atoms with E-state index in [1.165, 1.54) is 12.1 Å². The minimum atomic E-state index is -1.20. The number of carbonyl (C=O) groups is 3. The van der Waals surface area contributed by atoms with E-state index < -0.39 is 30.3 Å². The number of halogens is 2. The van der Waals surface area contributed by atoms with Crippen molar-refractivity contribution >= 4 is 35.1 Å². The molecule has 0 bridgehead atoms. The molecule has 8 heteroatoms. The summed E-state index contributed by atoms with van der Waals surface area (Å²) in [7, 11) is 0. The lowest BCUT2D eigenvalue weighted by Gasteiger charge is -2.40. The normalized spacial score (nSPS) is 19.1. The number of nitrogens with zero attached hydrogens (tertiary/aromatic N) is 1. The van der Waals surface area contributed by atoms with Gasteiger partial charge in [0.1, 0.15) is 12.4 Å². The molecule has 1 heterocycles. The molecule has 1 unspecified atom stereocenters. The molecule has 1 saturated heterocycles. The largest absolute Gasteiger partial charge is 0.480 e. The van der Waals surface area contributed by atoms with Gasteiger partial charge in [-0.05, 0) is 54.8 Å². The summed E-state index contributed by atoms with van der Waals surface area (Å²) < 4.78 is 14.0. The summed E-state index contributed by atoms with van der Waals surface area (Å²) in [6.07, 6.45) is 0.258. The average Bonchev–Trinajstić information content (AvgIpc) is 2.65. The Kier molecular flexibility index (Phi) is 6.17. The van der Waals surface area contributed by atoms with Gasteiger partial charge < -0.3 is 15.3 Å². The second-order valence-corrected chi connectivity index (χ2v) is 7.44. The molecule has 2 amide bonds. The number of aryl methyl sites for hydroxylation is 1. The summed E-state index contributed by atoms with van der Waals surface area (Å²) in [5, 5.41) is 12.5. The second kappa shape index (κ2) is 8.61. The number of carboxylic acid groups (broad SMARTS) is 1. The zero-order valence-corrected chi connectivity index (χ0v) is 16.4. The van der Waals surface area contributed by atoms with Crippen molar-refractivity contribution in [2.45, 2.75) is 25.8 Å². The van der Waals surface area contributed by atoms with Gasteiger partial charge in [0.25, 0.3) is 0 Å². The van der Waals surface area contributed by atoms with Crippen LogP contribution in [0.15, 0.2) is 42.5 Å². The Bertz CT molecular complexity index is 965. The summed E-state index contributed by atoms with van der Waals surface area (Å²) in [6.45, 7) is 1.17. The molecule has 1 aliphatic heterocycles. The molecule has 0 spiro atoms. The monoisotopic (exact) mass is 418 g/mol. The van der Waals surface area contributed by atoms with Crippen LogP contribution in [0.5, 0.6) is 0 Å². The van der Waals surface area contributed by atoms with Gasteiger partial charge in [0.15, 0.2) is 0 Å². The van der Waals surface area contributed by atoms with Crippen molar-refractivity contribution < 1.29 is 23.9 Å². The van der Waals surface area contributed by atoms with Crippen molar-refractivity contribution in [2.24, 2.45) is 5.92 Å². The number of likely N-dealkylation sites (tertiary alicyclic amines) is 1. The first-order valence-electron chi connectivity index (χ1n) is 9.10. The van der Waals surface area contributed by atoms with Crippen LogP contribution in [0.2, 0.25) is 5.02 Å². The van der Waals surface area contributed by atoms with Crippen molar-refractivity contribution in [2.75, 3.05) is 11.9 Å². The number of piperidine rings is 1. The molecule has 0 saturated carbocycles. The Morgan fingerprint density at radius 3 is 2.72 bits per heavy atom. The number of carbonyl (C=O) groups excluding carboxylic acids is 2. The molecule has 2 atom stereocenters. The second-order valence-electron chi connectivity index (χ2n) is 7.01. The molecule has 2 aromatic carbocycles. The summed E-state index contributed by atoms with van der Waals surface area (Å²) in [4.78, 5) is 38.1. The Balaban J connectivity index is 2.00. The van der Waals surface area contributed by atoms with E-state index in [0.29, 0.717) is 21.8 Å². The maximum Gasteiger partial charge on any atom is 0.323 e. The van der Waals surface area contributed by atoms with E-state index in [1.54, 1.807) is 37.3 Å². The fraction of sp³-hybridized carbons (Fsp3) is 0.286. The van der Waals surface area contributed by atoms with Crippen LogP contribution in [0.4, 0.5) is 10.1 Å². The highest BCUT2D eigenvalue weighted by atomic mass is 35.5. The molecule has 2 N–H and O–H groups in total. The summed E-state index contributed by atoms with van der Waals surface area (Å²) in [5.41, 5.74) is 1.58.